The lowest BCUT2D eigenvalue weighted by Crippen LogP contribution is -2.22. The molecule has 2 unspecified atom stereocenters. The van der Waals surface area contributed by atoms with E-state index >= 15 is 0 Å². The lowest BCUT2D eigenvalue weighted by Gasteiger charge is -2.15. The number of aromatic nitrogens is 2. The van der Waals surface area contributed by atoms with Gasteiger partial charge in [0, 0.05) is 19.1 Å². The normalized spacial score (nSPS) is 25.7. The first-order valence-corrected chi connectivity index (χ1v) is 5.45. The van der Waals surface area contributed by atoms with E-state index in [1.165, 1.54) is 0 Å². The third-order valence-corrected chi connectivity index (χ3v) is 2.79. The van der Waals surface area contributed by atoms with Crippen LogP contribution in [-0.2, 0) is 4.74 Å². The molecule has 84 valence electrons. The SMILES string of the molecule is CCC1OCCC1CNc1nc(C)no1. The molecule has 5 nitrogen and oxygen atoms in total. The highest BCUT2D eigenvalue weighted by atomic mass is 16.5. The van der Waals surface area contributed by atoms with Gasteiger partial charge in [-0.2, -0.15) is 4.98 Å². The topological polar surface area (TPSA) is 60.2 Å². The van der Waals surface area contributed by atoms with Gasteiger partial charge in [0.05, 0.1) is 6.10 Å². The van der Waals surface area contributed by atoms with E-state index in [1.54, 1.807) is 0 Å². The van der Waals surface area contributed by atoms with Gasteiger partial charge >= 0.3 is 6.01 Å². The zero-order valence-corrected chi connectivity index (χ0v) is 9.19. The van der Waals surface area contributed by atoms with Gasteiger partial charge in [0.15, 0.2) is 5.82 Å². The third-order valence-electron chi connectivity index (χ3n) is 2.79. The highest BCUT2D eigenvalue weighted by Gasteiger charge is 2.26. The van der Waals surface area contributed by atoms with Gasteiger partial charge in [-0.05, 0) is 19.8 Å². The minimum atomic E-state index is 0.376. The number of aryl methyl sites for hydroxylation is 1. The quantitative estimate of drug-likeness (QED) is 0.819. The summed E-state index contributed by atoms with van der Waals surface area (Å²) in [6.45, 7) is 5.68. The van der Waals surface area contributed by atoms with Crippen LogP contribution in [0.25, 0.3) is 0 Å². The lowest BCUT2D eigenvalue weighted by molar-refractivity contribution is 0.0899. The fourth-order valence-corrected chi connectivity index (χ4v) is 1.96. The molecule has 2 heterocycles. The Morgan fingerprint density at radius 1 is 1.53 bits per heavy atom. The molecule has 1 aliphatic heterocycles. The van der Waals surface area contributed by atoms with Gasteiger partial charge in [-0.25, -0.2) is 0 Å². The fourth-order valence-electron chi connectivity index (χ4n) is 1.96. The Labute approximate surface area is 89.2 Å². The monoisotopic (exact) mass is 211 g/mol. The van der Waals surface area contributed by atoms with E-state index in [9.17, 15) is 0 Å². The van der Waals surface area contributed by atoms with E-state index in [2.05, 4.69) is 22.4 Å². The maximum absolute atomic E-state index is 5.60. The fraction of sp³-hybridized carbons (Fsp3) is 0.800. The molecule has 1 N–H and O–H groups in total. The Bertz CT molecular complexity index is 313. The smallest absolute Gasteiger partial charge is 0.321 e. The minimum absolute atomic E-state index is 0.376. The minimum Gasteiger partial charge on any atom is -0.378 e. The van der Waals surface area contributed by atoms with Crippen LogP contribution in [0.2, 0.25) is 0 Å². The molecule has 5 heteroatoms. The van der Waals surface area contributed by atoms with E-state index in [-0.39, 0.29) is 0 Å². The van der Waals surface area contributed by atoms with Crippen molar-refractivity contribution in [2.75, 3.05) is 18.5 Å². The molecule has 0 amide bonds. The zero-order valence-electron chi connectivity index (χ0n) is 9.19. The summed E-state index contributed by atoms with van der Waals surface area (Å²) < 4.78 is 10.6. The Morgan fingerprint density at radius 2 is 2.40 bits per heavy atom. The molecule has 0 bridgehead atoms. The zero-order chi connectivity index (χ0) is 10.7. The van der Waals surface area contributed by atoms with Gasteiger partial charge in [-0.1, -0.05) is 12.1 Å². The molecule has 0 radical (unpaired) electrons. The highest BCUT2D eigenvalue weighted by molar-refractivity contribution is 5.18. The van der Waals surface area contributed by atoms with Crippen LogP contribution >= 0.6 is 0 Å². The molecule has 0 saturated carbocycles. The van der Waals surface area contributed by atoms with Gasteiger partial charge in [0.25, 0.3) is 0 Å². The first kappa shape index (κ1) is 10.4. The molecule has 15 heavy (non-hydrogen) atoms. The van der Waals surface area contributed by atoms with Crippen molar-refractivity contribution < 1.29 is 9.26 Å². The van der Waals surface area contributed by atoms with Crippen molar-refractivity contribution in [1.82, 2.24) is 10.1 Å². The average Bonchev–Trinajstić information content (AvgIpc) is 2.83. The highest BCUT2D eigenvalue weighted by Crippen LogP contribution is 2.23. The molecule has 0 aromatic carbocycles. The number of rotatable bonds is 4. The number of nitrogens with one attached hydrogen (secondary N) is 1. The second-order valence-corrected chi connectivity index (χ2v) is 3.89. The molecule has 1 fully saturated rings. The van der Waals surface area contributed by atoms with E-state index < -0.39 is 0 Å². The Balaban J connectivity index is 1.82. The van der Waals surface area contributed by atoms with Crippen molar-refractivity contribution in [1.29, 1.82) is 0 Å². The van der Waals surface area contributed by atoms with Gasteiger partial charge in [0.2, 0.25) is 0 Å². The molecule has 1 aromatic rings. The lowest BCUT2D eigenvalue weighted by atomic mass is 10.00. The average molecular weight is 211 g/mol. The van der Waals surface area contributed by atoms with E-state index in [0.717, 1.165) is 26.0 Å². The van der Waals surface area contributed by atoms with Crippen molar-refractivity contribution in [2.24, 2.45) is 5.92 Å². The second-order valence-electron chi connectivity index (χ2n) is 3.89. The molecular formula is C10H17N3O2. The van der Waals surface area contributed by atoms with E-state index in [4.69, 9.17) is 9.26 Å². The predicted octanol–water partition coefficient (Wildman–Crippen LogP) is 1.61. The summed E-state index contributed by atoms with van der Waals surface area (Å²) in [6.07, 6.45) is 2.55. The van der Waals surface area contributed by atoms with Gasteiger partial charge in [-0.15, -0.1) is 0 Å². The Kier molecular flexibility index (Phi) is 3.20. The van der Waals surface area contributed by atoms with Gasteiger partial charge in [-0.3, -0.25) is 0 Å². The van der Waals surface area contributed by atoms with Crippen LogP contribution in [0.15, 0.2) is 4.52 Å². The van der Waals surface area contributed by atoms with Crippen LogP contribution < -0.4 is 5.32 Å². The maximum atomic E-state index is 5.60. The van der Waals surface area contributed by atoms with Gasteiger partial charge < -0.3 is 14.6 Å². The first-order valence-electron chi connectivity index (χ1n) is 5.45. The maximum Gasteiger partial charge on any atom is 0.321 e. The van der Waals surface area contributed by atoms with E-state index in [1.807, 2.05) is 6.92 Å². The third kappa shape index (κ3) is 2.47. The number of anilines is 1. The second kappa shape index (κ2) is 4.61. The van der Waals surface area contributed by atoms with Crippen LogP contribution in [0, 0.1) is 12.8 Å². The van der Waals surface area contributed by atoms with Crippen LogP contribution in [-0.4, -0.2) is 29.4 Å². The largest absolute Gasteiger partial charge is 0.378 e. The van der Waals surface area contributed by atoms with Crippen molar-refractivity contribution in [3.05, 3.63) is 5.82 Å². The molecule has 0 spiro atoms. The number of ether oxygens (including phenoxy) is 1. The predicted molar refractivity (Wildman–Crippen MR) is 55.7 cm³/mol. The Hall–Kier alpha value is -1.10. The summed E-state index contributed by atoms with van der Waals surface area (Å²) in [5, 5.41) is 6.87. The number of hydrogen-bond donors (Lipinski definition) is 1. The van der Waals surface area contributed by atoms with Gasteiger partial charge in [0.1, 0.15) is 0 Å². The molecule has 1 saturated heterocycles. The summed E-state index contributed by atoms with van der Waals surface area (Å²) in [4.78, 5) is 4.09. The summed E-state index contributed by atoms with van der Waals surface area (Å²) in [5.41, 5.74) is 0. The van der Waals surface area contributed by atoms with Crippen molar-refractivity contribution in [3.63, 3.8) is 0 Å². The molecule has 1 aliphatic rings. The molecule has 0 aliphatic carbocycles. The van der Waals surface area contributed by atoms with Crippen LogP contribution in [0.1, 0.15) is 25.6 Å². The standard InChI is InChI=1S/C10H17N3O2/c1-3-9-8(4-5-14-9)6-11-10-12-7(2)13-15-10/h8-9H,3-6H2,1-2H3,(H,11,12,13). The summed E-state index contributed by atoms with van der Waals surface area (Å²) in [7, 11) is 0. The summed E-state index contributed by atoms with van der Waals surface area (Å²) in [6, 6.07) is 0.509. The molecule has 1 aromatic heterocycles. The Morgan fingerprint density at radius 3 is 3.07 bits per heavy atom. The summed E-state index contributed by atoms with van der Waals surface area (Å²) in [5.74, 6) is 1.22. The van der Waals surface area contributed by atoms with Crippen molar-refractivity contribution in [2.45, 2.75) is 32.8 Å². The molecular weight excluding hydrogens is 194 g/mol. The first-order chi connectivity index (χ1) is 7.29. The van der Waals surface area contributed by atoms with Crippen LogP contribution in [0.3, 0.4) is 0 Å². The summed E-state index contributed by atoms with van der Waals surface area (Å²) >= 11 is 0. The van der Waals surface area contributed by atoms with Crippen LogP contribution in [0.5, 0.6) is 0 Å². The number of nitrogens with zero attached hydrogens (tertiary/aromatic N) is 2. The molecule has 2 rings (SSSR count). The molecule has 2 atom stereocenters. The number of hydrogen-bond acceptors (Lipinski definition) is 5. The van der Waals surface area contributed by atoms with Crippen LogP contribution in [0.4, 0.5) is 6.01 Å². The van der Waals surface area contributed by atoms with Crippen molar-refractivity contribution in [3.8, 4) is 0 Å². The van der Waals surface area contributed by atoms with E-state index in [0.29, 0.717) is 23.9 Å². The van der Waals surface area contributed by atoms with Crippen molar-refractivity contribution >= 4 is 6.01 Å².